The summed E-state index contributed by atoms with van der Waals surface area (Å²) >= 11 is 0. The van der Waals surface area contributed by atoms with Crippen molar-refractivity contribution in [3.63, 3.8) is 0 Å². The predicted molar refractivity (Wildman–Crippen MR) is 75.7 cm³/mol. The number of rotatable bonds is 3. The van der Waals surface area contributed by atoms with E-state index in [1.807, 2.05) is 7.05 Å². The molecule has 0 amide bonds. The lowest BCUT2D eigenvalue weighted by Crippen LogP contribution is -2.43. The maximum atomic E-state index is 12.1. The lowest BCUT2D eigenvalue weighted by Gasteiger charge is -2.35. The molecule has 0 aromatic rings. The minimum absolute atomic E-state index is 0.0875. The van der Waals surface area contributed by atoms with Gasteiger partial charge in [0.05, 0.1) is 11.5 Å². The van der Waals surface area contributed by atoms with E-state index in [1.54, 1.807) is 0 Å². The molecular formula is C14H25NO3S. The monoisotopic (exact) mass is 287 g/mol. The van der Waals surface area contributed by atoms with Gasteiger partial charge in [0.25, 0.3) is 0 Å². The summed E-state index contributed by atoms with van der Waals surface area (Å²) in [7, 11) is -0.882. The van der Waals surface area contributed by atoms with Crippen LogP contribution in [0.2, 0.25) is 0 Å². The van der Waals surface area contributed by atoms with Crippen molar-refractivity contribution in [3.05, 3.63) is 0 Å². The molecule has 19 heavy (non-hydrogen) atoms. The van der Waals surface area contributed by atoms with E-state index in [1.165, 1.54) is 0 Å². The standard InChI is InChI=1S/C14H25NO3S/c1-10-6-11(2)13(14(16)7-10)8-15(3)12-4-5-19(17,18)9-12/h10-13H,4-9H2,1-3H3. The number of ketones is 1. The van der Waals surface area contributed by atoms with E-state index >= 15 is 0 Å². The highest BCUT2D eigenvalue weighted by Crippen LogP contribution is 2.32. The van der Waals surface area contributed by atoms with Crippen LogP contribution in [-0.2, 0) is 14.6 Å². The zero-order valence-corrected chi connectivity index (χ0v) is 12.9. The summed E-state index contributed by atoms with van der Waals surface area (Å²) in [5.41, 5.74) is 0. The van der Waals surface area contributed by atoms with E-state index in [0.717, 1.165) is 6.42 Å². The fraction of sp³-hybridized carbons (Fsp3) is 0.929. The Kier molecular flexibility index (Phi) is 4.35. The van der Waals surface area contributed by atoms with Crippen LogP contribution in [0.15, 0.2) is 0 Å². The van der Waals surface area contributed by atoms with Crippen LogP contribution < -0.4 is 0 Å². The number of carbonyl (C=O) groups is 1. The van der Waals surface area contributed by atoms with Crippen LogP contribution in [0.5, 0.6) is 0 Å². The normalized spacial score (nSPS) is 38.8. The molecule has 0 bridgehead atoms. The van der Waals surface area contributed by atoms with Gasteiger partial charge in [-0.05, 0) is 31.7 Å². The quantitative estimate of drug-likeness (QED) is 0.786. The number of hydrogen-bond donors (Lipinski definition) is 0. The second-order valence-corrected chi connectivity index (χ2v) is 8.82. The molecule has 2 rings (SSSR count). The first-order valence-corrected chi connectivity index (χ1v) is 9.04. The van der Waals surface area contributed by atoms with Gasteiger partial charge in [-0.15, -0.1) is 0 Å². The smallest absolute Gasteiger partial charge is 0.151 e. The van der Waals surface area contributed by atoms with E-state index in [0.29, 0.717) is 42.8 Å². The number of carbonyl (C=O) groups excluding carboxylic acids is 1. The molecule has 2 fully saturated rings. The summed E-state index contributed by atoms with van der Waals surface area (Å²) < 4.78 is 23.0. The van der Waals surface area contributed by atoms with Crippen LogP contribution in [0.3, 0.4) is 0 Å². The number of hydrogen-bond acceptors (Lipinski definition) is 4. The summed E-state index contributed by atoms with van der Waals surface area (Å²) in [6.07, 6.45) is 2.50. The highest BCUT2D eigenvalue weighted by Gasteiger charge is 2.36. The average molecular weight is 287 g/mol. The van der Waals surface area contributed by atoms with Crippen molar-refractivity contribution in [2.75, 3.05) is 25.1 Å². The van der Waals surface area contributed by atoms with Gasteiger partial charge in [0.15, 0.2) is 9.84 Å². The van der Waals surface area contributed by atoms with Crippen LogP contribution in [0, 0.1) is 17.8 Å². The van der Waals surface area contributed by atoms with Gasteiger partial charge in [-0.2, -0.15) is 0 Å². The lowest BCUT2D eigenvalue weighted by atomic mass is 9.74. The van der Waals surface area contributed by atoms with Gasteiger partial charge in [0.2, 0.25) is 0 Å². The average Bonchev–Trinajstić information content (AvgIpc) is 2.64. The minimum Gasteiger partial charge on any atom is -0.302 e. The highest BCUT2D eigenvalue weighted by molar-refractivity contribution is 7.91. The maximum absolute atomic E-state index is 12.1. The Morgan fingerprint density at radius 2 is 2.00 bits per heavy atom. The molecule has 4 nitrogen and oxygen atoms in total. The van der Waals surface area contributed by atoms with Gasteiger partial charge in [0, 0.05) is 24.9 Å². The molecule has 1 saturated heterocycles. The fourth-order valence-electron chi connectivity index (χ4n) is 3.56. The molecule has 110 valence electrons. The van der Waals surface area contributed by atoms with E-state index in [2.05, 4.69) is 18.7 Å². The topological polar surface area (TPSA) is 54.5 Å². The molecule has 2 aliphatic rings. The lowest BCUT2D eigenvalue weighted by molar-refractivity contribution is -0.128. The molecule has 5 heteroatoms. The number of nitrogens with zero attached hydrogens (tertiary/aromatic N) is 1. The molecule has 4 atom stereocenters. The summed E-state index contributed by atoms with van der Waals surface area (Å²) in [6, 6.07) is 0.101. The van der Waals surface area contributed by atoms with Gasteiger partial charge in [-0.1, -0.05) is 13.8 Å². The van der Waals surface area contributed by atoms with E-state index in [-0.39, 0.29) is 17.7 Å². The van der Waals surface area contributed by atoms with E-state index in [4.69, 9.17) is 0 Å². The van der Waals surface area contributed by atoms with Crippen molar-refractivity contribution in [3.8, 4) is 0 Å². The Balaban J connectivity index is 1.95. The van der Waals surface area contributed by atoms with Crippen LogP contribution in [0.1, 0.15) is 33.1 Å². The Morgan fingerprint density at radius 3 is 2.53 bits per heavy atom. The molecule has 1 aliphatic carbocycles. The largest absolute Gasteiger partial charge is 0.302 e. The Bertz CT molecular complexity index is 446. The first kappa shape index (κ1) is 15.0. The van der Waals surface area contributed by atoms with Gasteiger partial charge >= 0.3 is 0 Å². The van der Waals surface area contributed by atoms with E-state index < -0.39 is 9.84 Å². The summed E-state index contributed by atoms with van der Waals surface area (Å²) in [5.74, 6) is 1.92. The van der Waals surface area contributed by atoms with Crippen molar-refractivity contribution in [2.24, 2.45) is 17.8 Å². The highest BCUT2D eigenvalue weighted by atomic mass is 32.2. The molecule has 0 aromatic carbocycles. The van der Waals surface area contributed by atoms with Crippen molar-refractivity contribution >= 4 is 15.6 Å². The summed E-state index contributed by atoms with van der Waals surface area (Å²) in [6.45, 7) is 5.00. The zero-order valence-electron chi connectivity index (χ0n) is 12.1. The molecular weight excluding hydrogens is 262 g/mol. The van der Waals surface area contributed by atoms with Gasteiger partial charge in [-0.25, -0.2) is 8.42 Å². The van der Waals surface area contributed by atoms with Crippen LogP contribution >= 0.6 is 0 Å². The van der Waals surface area contributed by atoms with Crippen LogP contribution in [0.25, 0.3) is 0 Å². The molecule has 1 saturated carbocycles. The fourth-order valence-corrected chi connectivity index (χ4v) is 5.36. The third-order valence-corrected chi connectivity index (χ3v) is 6.49. The first-order valence-electron chi connectivity index (χ1n) is 7.22. The molecule has 0 radical (unpaired) electrons. The minimum atomic E-state index is -2.84. The van der Waals surface area contributed by atoms with Crippen LogP contribution in [0.4, 0.5) is 0 Å². The maximum Gasteiger partial charge on any atom is 0.151 e. The molecule has 0 spiro atoms. The van der Waals surface area contributed by atoms with Crippen molar-refractivity contribution in [1.29, 1.82) is 0 Å². The van der Waals surface area contributed by atoms with Gasteiger partial charge in [-0.3, -0.25) is 4.79 Å². The third-order valence-electron chi connectivity index (χ3n) is 4.74. The number of Topliss-reactive ketones (excluding diaryl/α,β-unsaturated/α-hetero) is 1. The second kappa shape index (κ2) is 5.52. The number of sulfone groups is 1. The Labute approximate surface area is 116 Å². The third kappa shape index (κ3) is 3.57. The van der Waals surface area contributed by atoms with Crippen molar-refractivity contribution in [1.82, 2.24) is 4.90 Å². The van der Waals surface area contributed by atoms with E-state index in [9.17, 15) is 13.2 Å². The second-order valence-electron chi connectivity index (χ2n) is 6.59. The van der Waals surface area contributed by atoms with Crippen molar-refractivity contribution in [2.45, 2.75) is 39.2 Å². The molecule has 4 unspecified atom stereocenters. The Hall–Kier alpha value is -0.420. The summed E-state index contributed by atoms with van der Waals surface area (Å²) in [5, 5.41) is 0. The van der Waals surface area contributed by atoms with Gasteiger partial charge in [0.1, 0.15) is 5.78 Å². The van der Waals surface area contributed by atoms with Gasteiger partial charge < -0.3 is 4.90 Å². The first-order chi connectivity index (χ1) is 8.78. The molecule has 1 heterocycles. The molecule has 0 N–H and O–H groups in total. The zero-order chi connectivity index (χ0) is 14.2. The predicted octanol–water partition coefficient (Wildman–Crippen LogP) is 1.36. The summed E-state index contributed by atoms with van der Waals surface area (Å²) in [4.78, 5) is 14.2. The molecule has 1 aliphatic heterocycles. The SMILES string of the molecule is CC1CC(=O)C(CN(C)C2CCS(=O)(=O)C2)C(C)C1. The van der Waals surface area contributed by atoms with Crippen LogP contribution in [-0.4, -0.2) is 50.2 Å². The van der Waals surface area contributed by atoms with Crippen molar-refractivity contribution < 1.29 is 13.2 Å². The molecule has 0 aromatic heterocycles. The Morgan fingerprint density at radius 1 is 1.32 bits per heavy atom.